The van der Waals surface area contributed by atoms with E-state index in [4.69, 9.17) is 0 Å². The molecule has 1 amide bonds. The van der Waals surface area contributed by atoms with Crippen molar-refractivity contribution in [3.8, 4) is 0 Å². The number of aliphatic hydroxyl groups is 2. The fourth-order valence-electron chi connectivity index (χ4n) is 7.77. The predicted octanol–water partition coefficient (Wildman–Crippen LogP) is 16.3. The maximum Gasteiger partial charge on any atom is 0.220 e. The Labute approximate surface area is 356 Å². The topological polar surface area (TPSA) is 69.6 Å². The number of aliphatic hydroxyl groups excluding tert-OH is 2. The van der Waals surface area contributed by atoms with Crippen molar-refractivity contribution >= 4 is 5.91 Å². The second kappa shape index (κ2) is 48.7. The van der Waals surface area contributed by atoms with Gasteiger partial charge in [0.05, 0.1) is 18.8 Å². The van der Waals surface area contributed by atoms with E-state index >= 15 is 0 Å². The van der Waals surface area contributed by atoms with E-state index in [0.29, 0.717) is 12.8 Å². The van der Waals surface area contributed by atoms with E-state index in [2.05, 4.69) is 67.8 Å². The Balaban J connectivity index is 3.49. The highest BCUT2D eigenvalue weighted by Gasteiger charge is 2.20. The lowest BCUT2D eigenvalue weighted by Gasteiger charge is -2.22. The summed E-state index contributed by atoms with van der Waals surface area (Å²) in [6, 6.07) is -0.539. The first-order valence-corrected chi connectivity index (χ1v) is 25.3. The number of rotatable bonds is 46. The Morgan fingerprint density at radius 1 is 0.439 bits per heavy atom. The third kappa shape index (κ3) is 45.3. The lowest BCUT2D eigenvalue weighted by atomic mass is 10.0. The van der Waals surface area contributed by atoms with Gasteiger partial charge in [0.1, 0.15) is 0 Å². The minimum absolute atomic E-state index is 0.0324. The molecule has 0 aromatic carbocycles. The molecule has 0 aromatic heterocycles. The second-order valence-electron chi connectivity index (χ2n) is 17.2. The lowest BCUT2D eigenvalue weighted by molar-refractivity contribution is -0.123. The summed E-state index contributed by atoms with van der Waals surface area (Å²) in [5.74, 6) is -0.0324. The van der Waals surface area contributed by atoms with Crippen molar-refractivity contribution in [1.82, 2.24) is 5.32 Å². The molecule has 0 rings (SSSR count). The van der Waals surface area contributed by atoms with Gasteiger partial charge in [-0.05, 0) is 51.4 Å². The molecular weight excluding hydrogens is 699 g/mol. The third-order valence-electron chi connectivity index (χ3n) is 11.6. The molecule has 0 aliphatic heterocycles. The molecule has 0 spiro atoms. The summed E-state index contributed by atoms with van der Waals surface area (Å²) >= 11 is 0. The zero-order valence-corrected chi connectivity index (χ0v) is 38.4. The molecular formula is C53H99NO3. The predicted molar refractivity (Wildman–Crippen MR) is 253 cm³/mol. The summed E-state index contributed by atoms with van der Waals surface area (Å²) in [6.45, 7) is 4.26. The largest absolute Gasteiger partial charge is 0.394 e. The molecule has 0 bridgehead atoms. The van der Waals surface area contributed by atoms with Crippen LogP contribution >= 0.6 is 0 Å². The summed E-state index contributed by atoms with van der Waals surface area (Å²) in [5.41, 5.74) is 0. The number of carbonyl (C=O) groups is 1. The van der Waals surface area contributed by atoms with Crippen molar-refractivity contribution in [3.63, 3.8) is 0 Å². The van der Waals surface area contributed by atoms with E-state index in [9.17, 15) is 15.0 Å². The Kier molecular flexibility index (Phi) is 47.3. The van der Waals surface area contributed by atoms with Gasteiger partial charge in [0.25, 0.3) is 0 Å². The molecule has 0 radical (unpaired) electrons. The molecule has 0 heterocycles. The van der Waals surface area contributed by atoms with Crippen molar-refractivity contribution in [2.75, 3.05) is 6.61 Å². The summed E-state index contributed by atoms with van der Waals surface area (Å²) in [6.07, 6.45) is 66.4. The highest BCUT2D eigenvalue weighted by Crippen LogP contribution is 2.17. The molecule has 0 fully saturated rings. The van der Waals surface area contributed by atoms with Crippen molar-refractivity contribution in [1.29, 1.82) is 0 Å². The van der Waals surface area contributed by atoms with Crippen molar-refractivity contribution < 1.29 is 15.0 Å². The SMILES string of the molecule is CC/C=C\C/C=C\C/C=C\C/C=C\CCCCCCCCCCCCCCC(=O)NC(CO)C(O)CCCCCCCCCCCCCCCCCCCCCC. The van der Waals surface area contributed by atoms with Crippen LogP contribution in [0.25, 0.3) is 0 Å². The standard InChI is InChI=1S/C53H99NO3/c1-3-5-7-9-11-13-15-17-19-21-23-25-26-27-28-29-31-33-35-37-39-41-43-45-47-49-53(57)54-51(50-55)52(56)48-46-44-42-40-38-36-34-32-30-24-22-20-18-16-14-12-10-8-6-4-2/h5,7,11,13,17,19,23,25,51-52,55-56H,3-4,6,8-10,12,14-16,18,20-22,24,26-50H2,1-2H3,(H,54,57)/b7-5-,13-11-,19-17-,25-23-. The minimum atomic E-state index is -0.661. The first-order valence-electron chi connectivity index (χ1n) is 25.3. The molecule has 2 atom stereocenters. The molecule has 0 saturated carbocycles. The number of hydrogen-bond donors (Lipinski definition) is 3. The number of amides is 1. The van der Waals surface area contributed by atoms with Crippen LogP contribution < -0.4 is 5.32 Å². The van der Waals surface area contributed by atoms with Crippen molar-refractivity contribution in [2.24, 2.45) is 0 Å². The molecule has 0 aliphatic rings. The van der Waals surface area contributed by atoms with Gasteiger partial charge >= 0.3 is 0 Å². The molecule has 2 unspecified atom stereocenters. The van der Waals surface area contributed by atoms with Crippen molar-refractivity contribution in [3.05, 3.63) is 48.6 Å². The molecule has 0 aromatic rings. The molecule has 334 valence electrons. The number of allylic oxidation sites excluding steroid dienone is 8. The number of nitrogens with one attached hydrogen (secondary N) is 1. The van der Waals surface area contributed by atoms with Gasteiger partial charge in [0, 0.05) is 6.42 Å². The molecule has 57 heavy (non-hydrogen) atoms. The van der Waals surface area contributed by atoms with Gasteiger partial charge in [0.15, 0.2) is 0 Å². The first kappa shape index (κ1) is 55.4. The average molecular weight is 798 g/mol. The van der Waals surface area contributed by atoms with Gasteiger partial charge in [-0.3, -0.25) is 4.79 Å². The molecule has 4 heteroatoms. The maximum absolute atomic E-state index is 12.5. The fraction of sp³-hybridized carbons (Fsp3) is 0.830. The van der Waals surface area contributed by atoms with Crippen LogP contribution in [-0.4, -0.2) is 34.9 Å². The normalized spacial score (nSPS) is 13.3. The number of unbranched alkanes of at least 4 members (excludes halogenated alkanes) is 31. The molecule has 0 aliphatic carbocycles. The van der Waals surface area contributed by atoms with Crippen LogP contribution in [0.3, 0.4) is 0 Å². The van der Waals surface area contributed by atoms with E-state index in [1.54, 1.807) is 0 Å². The molecule has 0 saturated heterocycles. The van der Waals surface area contributed by atoms with Gasteiger partial charge in [-0.2, -0.15) is 0 Å². The minimum Gasteiger partial charge on any atom is -0.394 e. The van der Waals surface area contributed by atoms with Crippen LogP contribution in [0, 0.1) is 0 Å². The van der Waals surface area contributed by atoms with Crippen LogP contribution in [0.15, 0.2) is 48.6 Å². The highest BCUT2D eigenvalue weighted by atomic mass is 16.3. The Morgan fingerprint density at radius 2 is 0.772 bits per heavy atom. The van der Waals surface area contributed by atoms with Crippen LogP contribution in [-0.2, 0) is 4.79 Å². The van der Waals surface area contributed by atoms with Crippen LogP contribution in [0.5, 0.6) is 0 Å². The third-order valence-corrected chi connectivity index (χ3v) is 11.6. The van der Waals surface area contributed by atoms with Gasteiger partial charge in [-0.15, -0.1) is 0 Å². The zero-order chi connectivity index (χ0) is 41.4. The zero-order valence-electron chi connectivity index (χ0n) is 38.4. The van der Waals surface area contributed by atoms with E-state index in [-0.39, 0.29) is 12.5 Å². The number of hydrogen-bond acceptors (Lipinski definition) is 3. The van der Waals surface area contributed by atoms with Crippen molar-refractivity contribution in [2.45, 2.75) is 276 Å². The summed E-state index contributed by atoms with van der Waals surface area (Å²) < 4.78 is 0. The quantitative estimate of drug-likeness (QED) is 0.0424. The van der Waals surface area contributed by atoms with E-state index in [0.717, 1.165) is 51.4 Å². The summed E-state index contributed by atoms with van der Waals surface area (Å²) in [7, 11) is 0. The summed E-state index contributed by atoms with van der Waals surface area (Å²) in [4.78, 5) is 12.5. The highest BCUT2D eigenvalue weighted by molar-refractivity contribution is 5.76. The summed E-state index contributed by atoms with van der Waals surface area (Å²) in [5, 5.41) is 23.3. The molecule has 3 N–H and O–H groups in total. The number of carbonyl (C=O) groups excluding carboxylic acids is 1. The van der Waals surface area contributed by atoms with Gasteiger partial charge in [0.2, 0.25) is 5.91 Å². The van der Waals surface area contributed by atoms with E-state index in [1.807, 2.05) is 0 Å². The van der Waals surface area contributed by atoms with E-state index in [1.165, 1.54) is 186 Å². The Hall–Kier alpha value is -1.65. The second-order valence-corrected chi connectivity index (χ2v) is 17.2. The van der Waals surface area contributed by atoms with Gasteiger partial charge < -0.3 is 15.5 Å². The fourth-order valence-corrected chi connectivity index (χ4v) is 7.77. The Morgan fingerprint density at radius 3 is 1.16 bits per heavy atom. The van der Waals surface area contributed by atoms with Crippen LogP contribution in [0.1, 0.15) is 264 Å². The smallest absolute Gasteiger partial charge is 0.220 e. The monoisotopic (exact) mass is 798 g/mol. The first-order chi connectivity index (χ1) is 28.2. The molecule has 4 nitrogen and oxygen atoms in total. The van der Waals surface area contributed by atoms with Gasteiger partial charge in [-0.1, -0.05) is 255 Å². The lowest BCUT2D eigenvalue weighted by Crippen LogP contribution is -2.45. The van der Waals surface area contributed by atoms with E-state index < -0.39 is 12.1 Å². The maximum atomic E-state index is 12.5. The average Bonchev–Trinajstić information content (AvgIpc) is 3.22. The van der Waals surface area contributed by atoms with Crippen LogP contribution in [0.2, 0.25) is 0 Å². The van der Waals surface area contributed by atoms with Gasteiger partial charge in [-0.25, -0.2) is 0 Å². The Bertz CT molecular complexity index is 908. The van der Waals surface area contributed by atoms with Crippen LogP contribution in [0.4, 0.5) is 0 Å².